The lowest BCUT2D eigenvalue weighted by Crippen LogP contribution is -2.47. The van der Waals surface area contributed by atoms with Gasteiger partial charge in [-0.2, -0.15) is 0 Å². The van der Waals surface area contributed by atoms with E-state index in [0.717, 1.165) is 56.0 Å². The fourth-order valence-electron chi connectivity index (χ4n) is 3.53. The molecular formula is C22H23FN4O. The van der Waals surface area contributed by atoms with Crippen molar-refractivity contribution in [2.75, 3.05) is 37.6 Å². The lowest BCUT2D eigenvalue weighted by Gasteiger charge is -2.34. The van der Waals surface area contributed by atoms with Gasteiger partial charge in [0.25, 0.3) is 0 Å². The van der Waals surface area contributed by atoms with Gasteiger partial charge in [0.1, 0.15) is 5.82 Å². The number of ketones is 1. The first-order chi connectivity index (χ1) is 13.7. The van der Waals surface area contributed by atoms with E-state index in [9.17, 15) is 9.18 Å². The number of para-hydroxylation sites is 1. The van der Waals surface area contributed by atoms with E-state index in [1.807, 2.05) is 30.5 Å². The van der Waals surface area contributed by atoms with Crippen LogP contribution in [0.15, 0.2) is 54.7 Å². The van der Waals surface area contributed by atoms with Crippen LogP contribution in [0.2, 0.25) is 0 Å². The molecule has 6 heteroatoms. The van der Waals surface area contributed by atoms with Crippen LogP contribution in [0.3, 0.4) is 0 Å². The molecule has 0 amide bonds. The van der Waals surface area contributed by atoms with E-state index in [0.29, 0.717) is 12.0 Å². The standard InChI is InChI=1S/C22H23FN4O/c23-19-9-7-17(8-10-19)21(28)6-3-11-26-12-14-27(15-13-26)22-24-16-18-4-1-2-5-20(18)25-22/h1-2,4-5,7-10,16H,3,6,11-15H2. The second-order valence-corrected chi connectivity index (χ2v) is 7.09. The van der Waals surface area contributed by atoms with E-state index in [1.54, 1.807) is 12.1 Å². The van der Waals surface area contributed by atoms with Crippen molar-refractivity contribution in [3.63, 3.8) is 0 Å². The summed E-state index contributed by atoms with van der Waals surface area (Å²) >= 11 is 0. The summed E-state index contributed by atoms with van der Waals surface area (Å²) in [7, 11) is 0. The highest BCUT2D eigenvalue weighted by Crippen LogP contribution is 2.16. The van der Waals surface area contributed by atoms with Gasteiger partial charge in [0.15, 0.2) is 5.78 Å². The quantitative estimate of drug-likeness (QED) is 0.614. The number of hydrogen-bond acceptors (Lipinski definition) is 5. The Hall–Kier alpha value is -2.86. The maximum Gasteiger partial charge on any atom is 0.225 e. The predicted octanol–water partition coefficient (Wildman–Crippen LogP) is 3.55. The summed E-state index contributed by atoms with van der Waals surface area (Å²) in [6.07, 6.45) is 3.17. The first-order valence-electron chi connectivity index (χ1n) is 9.67. The minimum Gasteiger partial charge on any atom is -0.338 e. The number of Topliss-reactive ketones (excluding diaryl/α,β-unsaturated/α-hetero) is 1. The van der Waals surface area contributed by atoms with E-state index < -0.39 is 0 Å². The van der Waals surface area contributed by atoms with Crippen LogP contribution < -0.4 is 4.90 Å². The van der Waals surface area contributed by atoms with E-state index >= 15 is 0 Å². The average molecular weight is 378 g/mol. The number of rotatable bonds is 6. The van der Waals surface area contributed by atoms with Gasteiger partial charge in [-0.1, -0.05) is 18.2 Å². The monoisotopic (exact) mass is 378 g/mol. The zero-order chi connectivity index (χ0) is 19.3. The highest BCUT2D eigenvalue weighted by molar-refractivity contribution is 5.95. The molecule has 28 heavy (non-hydrogen) atoms. The third-order valence-electron chi connectivity index (χ3n) is 5.18. The predicted molar refractivity (Wildman–Crippen MR) is 108 cm³/mol. The number of halogens is 1. The zero-order valence-electron chi connectivity index (χ0n) is 15.7. The molecule has 0 atom stereocenters. The minimum absolute atomic E-state index is 0.0724. The summed E-state index contributed by atoms with van der Waals surface area (Å²) in [4.78, 5) is 25.9. The molecule has 2 aromatic carbocycles. The highest BCUT2D eigenvalue weighted by Gasteiger charge is 2.19. The number of anilines is 1. The third kappa shape index (κ3) is 4.34. The van der Waals surface area contributed by atoms with Gasteiger partial charge in [-0.3, -0.25) is 9.69 Å². The first kappa shape index (κ1) is 18.5. The molecule has 3 aromatic rings. The lowest BCUT2D eigenvalue weighted by atomic mass is 10.1. The smallest absolute Gasteiger partial charge is 0.225 e. The number of hydrogen-bond donors (Lipinski definition) is 0. The number of aromatic nitrogens is 2. The number of carbonyl (C=O) groups is 1. The Kier molecular flexibility index (Phi) is 5.58. The first-order valence-corrected chi connectivity index (χ1v) is 9.67. The van der Waals surface area contributed by atoms with Gasteiger partial charge in [0.05, 0.1) is 5.52 Å². The van der Waals surface area contributed by atoms with Crippen molar-refractivity contribution in [2.45, 2.75) is 12.8 Å². The molecule has 0 N–H and O–H groups in total. The van der Waals surface area contributed by atoms with Crippen molar-refractivity contribution >= 4 is 22.6 Å². The van der Waals surface area contributed by atoms with Crippen LogP contribution in [0.25, 0.3) is 10.9 Å². The molecule has 1 fully saturated rings. The maximum atomic E-state index is 12.9. The molecule has 2 heterocycles. The number of piperazine rings is 1. The van der Waals surface area contributed by atoms with Crippen molar-refractivity contribution < 1.29 is 9.18 Å². The van der Waals surface area contributed by atoms with Crippen molar-refractivity contribution in [3.05, 3.63) is 66.1 Å². The van der Waals surface area contributed by atoms with Gasteiger partial charge in [-0.15, -0.1) is 0 Å². The van der Waals surface area contributed by atoms with Gasteiger partial charge in [0.2, 0.25) is 5.95 Å². The van der Waals surface area contributed by atoms with Gasteiger partial charge in [0, 0.05) is 49.7 Å². The Morgan fingerprint density at radius 1 is 1.00 bits per heavy atom. The van der Waals surface area contributed by atoms with E-state index in [1.165, 1.54) is 12.1 Å². The lowest BCUT2D eigenvalue weighted by molar-refractivity contribution is 0.0974. The second kappa shape index (κ2) is 8.44. The Labute approximate surface area is 163 Å². The van der Waals surface area contributed by atoms with E-state index in [4.69, 9.17) is 0 Å². The summed E-state index contributed by atoms with van der Waals surface area (Å²) in [5.41, 5.74) is 1.55. The zero-order valence-corrected chi connectivity index (χ0v) is 15.7. The van der Waals surface area contributed by atoms with Gasteiger partial charge in [-0.25, -0.2) is 14.4 Å². The van der Waals surface area contributed by atoms with Crippen molar-refractivity contribution in [3.8, 4) is 0 Å². The Balaban J connectivity index is 1.25. The fourth-order valence-corrected chi connectivity index (χ4v) is 3.53. The van der Waals surface area contributed by atoms with Crippen LogP contribution in [0.4, 0.5) is 10.3 Å². The number of fused-ring (bicyclic) bond motifs is 1. The molecule has 0 unspecified atom stereocenters. The van der Waals surface area contributed by atoms with Crippen molar-refractivity contribution in [1.29, 1.82) is 0 Å². The Bertz CT molecular complexity index is 952. The van der Waals surface area contributed by atoms with E-state index in [2.05, 4.69) is 19.8 Å². The second-order valence-electron chi connectivity index (χ2n) is 7.09. The molecule has 0 saturated carbocycles. The molecule has 0 bridgehead atoms. The summed E-state index contributed by atoms with van der Waals surface area (Å²) in [5.74, 6) is 0.540. The van der Waals surface area contributed by atoms with E-state index in [-0.39, 0.29) is 11.6 Å². The molecule has 1 aliphatic heterocycles. The molecule has 4 rings (SSSR count). The topological polar surface area (TPSA) is 49.3 Å². The average Bonchev–Trinajstić information content (AvgIpc) is 2.74. The van der Waals surface area contributed by atoms with Crippen molar-refractivity contribution in [2.24, 2.45) is 0 Å². The van der Waals surface area contributed by atoms with Crippen LogP contribution >= 0.6 is 0 Å². The molecule has 1 aromatic heterocycles. The maximum absolute atomic E-state index is 12.9. The minimum atomic E-state index is -0.315. The molecule has 0 spiro atoms. The number of carbonyl (C=O) groups excluding carboxylic acids is 1. The summed E-state index contributed by atoms with van der Waals surface area (Å²) in [5, 5.41) is 1.05. The molecule has 144 valence electrons. The van der Waals surface area contributed by atoms with Gasteiger partial charge < -0.3 is 4.90 Å². The fraction of sp³-hybridized carbons (Fsp3) is 0.318. The molecule has 1 saturated heterocycles. The molecular weight excluding hydrogens is 355 g/mol. The summed E-state index contributed by atoms with van der Waals surface area (Å²) < 4.78 is 12.9. The van der Waals surface area contributed by atoms with Crippen molar-refractivity contribution in [1.82, 2.24) is 14.9 Å². The van der Waals surface area contributed by atoms with Crippen LogP contribution in [0.5, 0.6) is 0 Å². The molecule has 5 nitrogen and oxygen atoms in total. The summed E-state index contributed by atoms with van der Waals surface area (Å²) in [6, 6.07) is 13.8. The van der Waals surface area contributed by atoms with Crippen LogP contribution in [0, 0.1) is 5.82 Å². The highest BCUT2D eigenvalue weighted by atomic mass is 19.1. The number of nitrogens with zero attached hydrogens (tertiary/aromatic N) is 4. The van der Waals surface area contributed by atoms with Gasteiger partial charge >= 0.3 is 0 Å². The number of benzene rings is 2. The summed E-state index contributed by atoms with van der Waals surface area (Å²) in [6.45, 7) is 4.51. The molecule has 0 aliphatic carbocycles. The SMILES string of the molecule is O=C(CCCN1CCN(c2ncc3ccccc3n2)CC1)c1ccc(F)cc1. The third-order valence-corrected chi connectivity index (χ3v) is 5.18. The Morgan fingerprint density at radius 3 is 2.54 bits per heavy atom. The largest absolute Gasteiger partial charge is 0.338 e. The van der Waals surface area contributed by atoms with Crippen LogP contribution in [0.1, 0.15) is 23.2 Å². The molecule has 1 aliphatic rings. The Morgan fingerprint density at radius 2 is 1.75 bits per heavy atom. The normalized spacial score (nSPS) is 15.1. The molecule has 0 radical (unpaired) electrons. The van der Waals surface area contributed by atoms with Crippen LogP contribution in [-0.2, 0) is 0 Å². The van der Waals surface area contributed by atoms with Crippen LogP contribution in [-0.4, -0.2) is 53.4 Å². The van der Waals surface area contributed by atoms with Gasteiger partial charge in [-0.05, 0) is 43.3 Å².